The molecule has 0 bridgehead atoms. The van der Waals surface area contributed by atoms with E-state index in [0.717, 1.165) is 4.57 Å². The minimum absolute atomic E-state index is 0.0372. The quantitative estimate of drug-likeness (QED) is 0.686. The van der Waals surface area contributed by atoms with Crippen molar-refractivity contribution in [3.63, 3.8) is 0 Å². The fourth-order valence-corrected chi connectivity index (χ4v) is 3.01. The van der Waals surface area contributed by atoms with Crippen molar-refractivity contribution in [3.8, 4) is 0 Å². The Morgan fingerprint density at radius 3 is 2.43 bits per heavy atom. The van der Waals surface area contributed by atoms with Crippen molar-refractivity contribution in [1.82, 2.24) is 24.6 Å². The van der Waals surface area contributed by atoms with Gasteiger partial charge in [0.25, 0.3) is 0 Å². The SMILES string of the molecule is Cc1nc(Cn2c(=O)n(C(=O)N[C@H](C(N)=O)C(C)(C)C)c3ccccc32)no1. The largest absolute Gasteiger partial charge is 0.368 e. The number of aromatic nitrogens is 4. The number of carbonyl (C=O) groups excluding carboxylic acids is 2. The average molecular weight is 386 g/mol. The molecule has 0 saturated carbocycles. The monoisotopic (exact) mass is 386 g/mol. The van der Waals surface area contributed by atoms with E-state index in [-0.39, 0.29) is 6.54 Å². The first-order valence-corrected chi connectivity index (χ1v) is 8.69. The summed E-state index contributed by atoms with van der Waals surface area (Å²) in [4.78, 5) is 41.8. The minimum atomic E-state index is -0.950. The van der Waals surface area contributed by atoms with Crippen molar-refractivity contribution >= 4 is 23.0 Å². The number of nitrogens with zero attached hydrogens (tertiary/aromatic N) is 4. The van der Waals surface area contributed by atoms with Gasteiger partial charge in [0, 0.05) is 6.92 Å². The Hall–Kier alpha value is -3.43. The van der Waals surface area contributed by atoms with Crippen LogP contribution in [0.2, 0.25) is 0 Å². The summed E-state index contributed by atoms with van der Waals surface area (Å²) in [6.07, 6.45) is 0. The fourth-order valence-electron chi connectivity index (χ4n) is 3.01. The number of imidazole rings is 1. The van der Waals surface area contributed by atoms with Crippen molar-refractivity contribution in [2.75, 3.05) is 0 Å². The summed E-state index contributed by atoms with van der Waals surface area (Å²) in [6.45, 7) is 7.00. The zero-order valence-electron chi connectivity index (χ0n) is 16.1. The average Bonchev–Trinajstić information content (AvgIpc) is 3.13. The molecule has 0 aliphatic carbocycles. The molecular weight excluding hydrogens is 364 g/mol. The Labute approximate surface area is 160 Å². The minimum Gasteiger partial charge on any atom is -0.368 e. The molecule has 0 saturated heterocycles. The van der Waals surface area contributed by atoms with Crippen LogP contribution in [0.1, 0.15) is 32.5 Å². The molecule has 3 aromatic rings. The van der Waals surface area contributed by atoms with Crippen LogP contribution in [0.4, 0.5) is 4.79 Å². The lowest BCUT2D eigenvalue weighted by Crippen LogP contribution is -2.54. The van der Waals surface area contributed by atoms with E-state index < -0.39 is 29.1 Å². The second kappa shape index (κ2) is 6.95. The Morgan fingerprint density at radius 1 is 1.25 bits per heavy atom. The standard InChI is InChI=1S/C18H22N6O4/c1-10-20-13(22-28-10)9-23-11-7-5-6-8-12(11)24(17(23)27)16(26)21-14(15(19)25)18(2,3)4/h5-8,14H,9H2,1-4H3,(H2,19,25)(H,21,26)/t14-/m1/s1. The lowest BCUT2D eigenvalue weighted by atomic mass is 9.86. The molecular formula is C18H22N6O4. The van der Waals surface area contributed by atoms with Gasteiger partial charge < -0.3 is 15.6 Å². The number of fused-ring (bicyclic) bond motifs is 1. The van der Waals surface area contributed by atoms with Crippen LogP contribution in [0, 0.1) is 12.3 Å². The van der Waals surface area contributed by atoms with Gasteiger partial charge in [-0.25, -0.2) is 14.2 Å². The molecule has 3 N–H and O–H groups in total. The molecule has 10 heteroatoms. The molecule has 1 aromatic carbocycles. The van der Waals surface area contributed by atoms with E-state index in [0.29, 0.717) is 22.7 Å². The highest BCUT2D eigenvalue weighted by molar-refractivity contribution is 5.92. The smallest absolute Gasteiger partial charge is 0.337 e. The second-order valence-electron chi connectivity index (χ2n) is 7.57. The molecule has 0 aliphatic rings. The van der Waals surface area contributed by atoms with Gasteiger partial charge in [-0.3, -0.25) is 9.36 Å². The maximum atomic E-state index is 13.0. The van der Waals surface area contributed by atoms with Crippen LogP contribution in [0.5, 0.6) is 0 Å². The van der Waals surface area contributed by atoms with Gasteiger partial charge in [-0.05, 0) is 17.5 Å². The molecule has 28 heavy (non-hydrogen) atoms. The van der Waals surface area contributed by atoms with Crippen LogP contribution in [0.15, 0.2) is 33.6 Å². The molecule has 0 unspecified atom stereocenters. The van der Waals surface area contributed by atoms with Crippen molar-refractivity contribution in [2.24, 2.45) is 11.1 Å². The summed E-state index contributed by atoms with van der Waals surface area (Å²) in [5.74, 6) is 0.00605. The molecule has 148 valence electrons. The van der Waals surface area contributed by atoms with Crippen LogP contribution >= 0.6 is 0 Å². The summed E-state index contributed by atoms with van der Waals surface area (Å²) >= 11 is 0. The van der Waals surface area contributed by atoms with Gasteiger partial charge in [-0.2, -0.15) is 4.98 Å². The lowest BCUT2D eigenvalue weighted by Gasteiger charge is -2.28. The van der Waals surface area contributed by atoms with Crippen molar-refractivity contribution in [1.29, 1.82) is 0 Å². The van der Waals surface area contributed by atoms with E-state index >= 15 is 0 Å². The Balaban J connectivity index is 2.06. The third-order valence-corrected chi connectivity index (χ3v) is 4.33. The van der Waals surface area contributed by atoms with E-state index in [1.807, 2.05) is 0 Å². The van der Waals surface area contributed by atoms with Crippen molar-refractivity contribution < 1.29 is 14.1 Å². The van der Waals surface area contributed by atoms with Crippen LogP contribution in [-0.4, -0.2) is 37.3 Å². The zero-order valence-corrected chi connectivity index (χ0v) is 16.1. The predicted octanol–water partition coefficient (Wildman–Crippen LogP) is 1.00. The number of rotatable bonds is 4. The molecule has 2 aromatic heterocycles. The third kappa shape index (κ3) is 3.53. The summed E-state index contributed by atoms with van der Waals surface area (Å²) in [5, 5.41) is 6.37. The number of para-hydroxylation sites is 2. The van der Waals surface area contributed by atoms with Gasteiger partial charge >= 0.3 is 11.7 Å². The first-order valence-electron chi connectivity index (χ1n) is 8.69. The maximum Gasteiger partial charge on any atom is 0.337 e. The highest BCUT2D eigenvalue weighted by Gasteiger charge is 2.32. The van der Waals surface area contributed by atoms with E-state index in [2.05, 4.69) is 15.5 Å². The molecule has 0 fully saturated rings. The van der Waals surface area contributed by atoms with Gasteiger partial charge in [-0.1, -0.05) is 38.1 Å². The fraction of sp³-hybridized carbons (Fsp3) is 0.389. The first-order chi connectivity index (χ1) is 13.1. The van der Waals surface area contributed by atoms with Gasteiger partial charge in [0.1, 0.15) is 6.04 Å². The molecule has 0 aliphatic heterocycles. The second-order valence-corrected chi connectivity index (χ2v) is 7.57. The van der Waals surface area contributed by atoms with Gasteiger partial charge in [0.05, 0.1) is 17.6 Å². The Morgan fingerprint density at radius 2 is 1.89 bits per heavy atom. The lowest BCUT2D eigenvalue weighted by molar-refractivity contribution is -0.122. The third-order valence-electron chi connectivity index (χ3n) is 4.33. The van der Waals surface area contributed by atoms with Crippen LogP contribution in [-0.2, 0) is 11.3 Å². The number of nitrogens with two attached hydrogens (primary N) is 1. The Kier molecular flexibility index (Phi) is 4.80. The summed E-state index contributed by atoms with van der Waals surface area (Å²) in [7, 11) is 0. The maximum absolute atomic E-state index is 13.0. The van der Waals surface area contributed by atoms with E-state index in [1.54, 1.807) is 52.0 Å². The molecule has 0 spiro atoms. The summed E-state index contributed by atoms with van der Waals surface area (Å²) in [6, 6.07) is 5.14. The number of primary amides is 1. The van der Waals surface area contributed by atoms with Gasteiger partial charge in [0.2, 0.25) is 11.8 Å². The molecule has 3 rings (SSSR count). The molecule has 2 heterocycles. The number of amides is 2. The zero-order chi connectivity index (χ0) is 20.6. The van der Waals surface area contributed by atoms with Gasteiger partial charge in [-0.15, -0.1) is 0 Å². The van der Waals surface area contributed by atoms with E-state index in [1.165, 1.54) is 4.57 Å². The van der Waals surface area contributed by atoms with Crippen LogP contribution in [0.25, 0.3) is 11.0 Å². The number of nitrogens with one attached hydrogen (secondary N) is 1. The normalized spacial score (nSPS) is 12.9. The topological polar surface area (TPSA) is 138 Å². The highest BCUT2D eigenvalue weighted by atomic mass is 16.5. The van der Waals surface area contributed by atoms with Crippen molar-refractivity contribution in [2.45, 2.75) is 40.3 Å². The number of hydrogen-bond acceptors (Lipinski definition) is 6. The number of benzene rings is 1. The molecule has 10 nitrogen and oxygen atoms in total. The summed E-state index contributed by atoms with van der Waals surface area (Å²) < 4.78 is 7.29. The number of hydrogen-bond donors (Lipinski definition) is 2. The number of aryl methyl sites for hydroxylation is 1. The van der Waals surface area contributed by atoms with Crippen LogP contribution < -0.4 is 16.7 Å². The van der Waals surface area contributed by atoms with E-state index in [9.17, 15) is 14.4 Å². The highest BCUT2D eigenvalue weighted by Crippen LogP contribution is 2.20. The number of carbonyl (C=O) groups is 2. The molecule has 0 radical (unpaired) electrons. The predicted molar refractivity (Wildman–Crippen MR) is 101 cm³/mol. The Bertz CT molecular complexity index is 1100. The van der Waals surface area contributed by atoms with E-state index in [4.69, 9.17) is 10.3 Å². The van der Waals surface area contributed by atoms with Crippen molar-refractivity contribution in [3.05, 3.63) is 46.5 Å². The molecule has 2 amide bonds. The summed E-state index contributed by atoms with van der Waals surface area (Å²) in [5.41, 5.74) is 5.15. The van der Waals surface area contributed by atoms with Gasteiger partial charge in [0.15, 0.2) is 5.82 Å². The first kappa shape index (κ1) is 19.3. The van der Waals surface area contributed by atoms with Crippen LogP contribution in [0.3, 0.4) is 0 Å². The molecule has 1 atom stereocenters.